The molecule has 3 N–H and O–H groups in total. The predicted molar refractivity (Wildman–Crippen MR) is 131 cm³/mol. The normalized spacial score (nSPS) is 10.8. The van der Waals surface area contributed by atoms with Crippen LogP contribution in [-0.2, 0) is 4.79 Å². The lowest BCUT2D eigenvalue weighted by Crippen LogP contribution is -2.17. The number of rotatable bonds is 7. The third-order valence-corrected chi connectivity index (χ3v) is 6.25. The molecule has 0 saturated carbocycles. The first-order chi connectivity index (χ1) is 17.7. The van der Waals surface area contributed by atoms with Crippen LogP contribution in [0.5, 0.6) is 0 Å². The lowest BCUT2D eigenvalue weighted by Gasteiger charge is -2.11. The van der Waals surface area contributed by atoms with Crippen molar-refractivity contribution in [3.63, 3.8) is 0 Å². The average molecular weight is 528 g/mol. The number of carbonyl (C=O) groups excluding carboxylic acids is 2. The molecule has 6 nitrogen and oxygen atoms in total. The van der Waals surface area contributed by atoms with Gasteiger partial charge < -0.3 is 15.7 Å². The van der Waals surface area contributed by atoms with Gasteiger partial charge in [0.15, 0.2) is 23.3 Å². The first-order valence-corrected chi connectivity index (χ1v) is 11.6. The monoisotopic (exact) mass is 528 g/mol. The summed E-state index contributed by atoms with van der Waals surface area (Å²) in [7, 11) is 0. The van der Waals surface area contributed by atoms with Gasteiger partial charge >= 0.3 is 5.97 Å². The fourth-order valence-electron chi connectivity index (χ4n) is 3.55. The van der Waals surface area contributed by atoms with Crippen molar-refractivity contribution in [1.82, 2.24) is 0 Å². The first kappa shape index (κ1) is 25.7. The van der Waals surface area contributed by atoms with Crippen molar-refractivity contribution in [2.24, 2.45) is 0 Å². The maximum Gasteiger partial charge on any atom is 0.336 e. The molecule has 0 fully saturated rings. The number of aromatic carboxylic acids is 1. The molecule has 2 amide bonds. The molecular formula is C26H16F4N2O4S. The average Bonchev–Trinajstić information content (AvgIpc) is 2.88. The number of benzene rings is 4. The van der Waals surface area contributed by atoms with Crippen LogP contribution < -0.4 is 10.6 Å². The van der Waals surface area contributed by atoms with Gasteiger partial charge in [-0.25, -0.2) is 22.4 Å². The van der Waals surface area contributed by atoms with E-state index in [0.29, 0.717) is 21.4 Å². The highest BCUT2D eigenvalue weighted by atomic mass is 32.2. The van der Waals surface area contributed by atoms with E-state index in [9.17, 15) is 37.1 Å². The molecule has 0 aliphatic rings. The number of halogens is 4. The summed E-state index contributed by atoms with van der Waals surface area (Å²) in [6, 6.07) is 15.8. The van der Waals surface area contributed by atoms with Gasteiger partial charge in [-0.15, -0.1) is 11.8 Å². The second-order valence-corrected chi connectivity index (χ2v) is 8.72. The molecule has 37 heavy (non-hydrogen) atoms. The lowest BCUT2D eigenvalue weighted by molar-refractivity contribution is -0.113. The Bertz CT molecular complexity index is 1510. The molecule has 0 atom stereocenters. The molecular weight excluding hydrogens is 512 g/mol. The predicted octanol–water partition coefficient (Wildman–Crippen LogP) is 6.08. The van der Waals surface area contributed by atoms with E-state index in [-0.39, 0.29) is 22.9 Å². The third-order valence-electron chi connectivity index (χ3n) is 5.24. The van der Waals surface area contributed by atoms with Crippen molar-refractivity contribution in [3.8, 4) is 0 Å². The Hall–Kier alpha value is -4.38. The van der Waals surface area contributed by atoms with Crippen molar-refractivity contribution in [2.75, 3.05) is 16.4 Å². The number of nitrogens with one attached hydrogen (secondary N) is 2. The Balaban J connectivity index is 1.42. The van der Waals surface area contributed by atoms with Crippen LogP contribution in [0.3, 0.4) is 0 Å². The van der Waals surface area contributed by atoms with E-state index < -0.39 is 46.7 Å². The summed E-state index contributed by atoms with van der Waals surface area (Å²) in [6.07, 6.45) is 0. The van der Waals surface area contributed by atoms with E-state index in [1.54, 1.807) is 48.5 Å². The standard InChI is InChI=1S/C26H16F4N2O4S/c27-18-11-19(28)23(30)24(22(18)29)32-20(33)12-37-15-9-7-14(8-10-15)31-25(34)16-5-1-3-13-4-2-6-17(21(13)16)26(35)36/h1-11H,12H2,(H,31,34)(H,32,33)(H,35,36). The topological polar surface area (TPSA) is 95.5 Å². The number of fused-ring (bicyclic) bond motifs is 1. The van der Waals surface area contributed by atoms with Crippen LogP contribution in [0.2, 0.25) is 0 Å². The molecule has 0 saturated heterocycles. The molecule has 11 heteroatoms. The highest BCUT2D eigenvalue weighted by molar-refractivity contribution is 8.00. The van der Waals surface area contributed by atoms with Crippen LogP contribution in [0.15, 0.2) is 71.6 Å². The quantitative estimate of drug-likeness (QED) is 0.154. The molecule has 0 aliphatic carbocycles. The van der Waals surface area contributed by atoms with E-state index in [4.69, 9.17) is 0 Å². The summed E-state index contributed by atoms with van der Waals surface area (Å²) in [6.45, 7) is 0. The number of carboxylic acid groups (broad SMARTS) is 1. The number of hydrogen-bond acceptors (Lipinski definition) is 4. The van der Waals surface area contributed by atoms with Crippen LogP contribution >= 0.6 is 11.8 Å². The van der Waals surface area contributed by atoms with Gasteiger partial charge in [-0.2, -0.15) is 0 Å². The summed E-state index contributed by atoms with van der Waals surface area (Å²) in [4.78, 5) is 37.1. The molecule has 4 aromatic rings. The Morgan fingerprint density at radius 2 is 1.38 bits per heavy atom. The highest BCUT2D eigenvalue weighted by Crippen LogP contribution is 2.27. The maximum absolute atomic E-state index is 13.7. The summed E-state index contributed by atoms with van der Waals surface area (Å²) in [5.74, 6) is -9.59. The van der Waals surface area contributed by atoms with Gasteiger partial charge in [-0.3, -0.25) is 9.59 Å². The van der Waals surface area contributed by atoms with Crippen molar-refractivity contribution in [1.29, 1.82) is 0 Å². The van der Waals surface area contributed by atoms with Gasteiger partial charge in [-0.1, -0.05) is 24.3 Å². The summed E-state index contributed by atoms with van der Waals surface area (Å²) in [5, 5.41) is 14.9. The van der Waals surface area contributed by atoms with Crippen LogP contribution in [-0.4, -0.2) is 28.6 Å². The zero-order chi connectivity index (χ0) is 26.7. The molecule has 4 rings (SSSR count). The highest BCUT2D eigenvalue weighted by Gasteiger charge is 2.21. The van der Waals surface area contributed by atoms with E-state index in [1.165, 1.54) is 12.1 Å². The SMILES string of the molecule is O=C(CSc1ccc(NC(=O)c2cccc3cccc(C(=O)O)c23)cc1)Nc1c(F)c(F)cc(F)c1F. The molecule has 0 aromatic heterocycles. The van der Waals surface area contributed by atoms with E-state index in [0.717, 1.165) is 11.8 Å². The second kappa shape index (κ2) is 10.7. The van der Waals surface area contributed by atoms with Gasteiger partial charge in [0.1, 0.15) is 5.69 Å². The van der Waals surface area contributed by atoms with Crippen LogP contribution in [0, 0.1) is 23.3 Å². The minimum atomic E-state index is -1.71. The molecule has 0 spiro atoms. The minimum absolute atomic E-state index is 0.00554. The number of carboxylic acids is 1. The number of hydrogen-bond donors (Lipinski definition) is 3. The molecule has 188 valence electrons. The van der Waals surface area contributed by atoms with Crippen molar-refractivity contribution < 1.29 is 37.1 Å². The minimum Gasteiger partial charge on any atom is -0.478 e. The molecule has 0 heterocycles. The molecule has 0 aliphatic heterocycles. The fourth-order valence-corrected chi connectivity index (χ4v) is 4.25. The largest absolute Gasteiger partial charge is 0.478 e. The first-order valence-electron chi connectivity index (χ1n) is 10.6. The number of carbonyl (C=O) groups is 3. The van der Waals surface area contributed by atoms with E-state index in [2.05, 4.69) is 5.32 Å². The fraction of sp³-hybridized carbons (Fsp3) is 0.0385. The second-order valence-electron chi connectivity index (χ2n) is 7.67. The smallest absolute Gasteiger partial charge is 0.336 e. The number of anilines is 2. The Labute approximate surface area is 211 Å². The zero-order valence-electron chi connectivity index (χ0n) is 18.7. The number of amides is 2. The summed E-state index contributed by atoms with van der Waals surface area (Å²) < 4.78 is 54.0. The third kappa shape index (κ3) is 5.56. The Kier molecular flexibility index (Phi) is 7.44. The van der Waals surface area contributed by atoms with Crippen molar-refractivity contribution in [2.45, 2.75) is 4.90 Å². The maximum atomic E-state index is 13.7. The Morgan fingerprint density at radius 1 is 0.784 bits per heavy atom. The van der Waals surface area contributed by atoms with Crippen LogP contribution in [0.4, 0.5) is 28.9 Å². The number of thioether (sulfide) groups is 1. The molecule has 4 aromatic carbocycles. The van der Waals surface area contributed by atoms with E-state index in [1.807, 2.05) is 5.32 Å². The van der Waals surface area contributed by atoms with Crippen LogP contribution in [0.1, 0.15) is 20.7 Å². The van der Waals surface area contributed by atoms with Gasteiger partial charge in [0, 0.05) is 27.6 Å². The Morgan fingerprint density at radius 3 is 1.97 bits per heavy atom. The zero-order valence-corrected chi connectivity index (χ0v) is 19.5. The van der Waals surface area contributed by atoms with Gasteiger partial charge in [0.05, 0.1) is 11.3 Å². The molecule has 0 radical (unpaired) electrons. The molecule has 0 bridgehead atoms. The summed E-state index contributed by atoms with van der Waals surface area (Å²) in [5.41, 5.74) is -0.642. The molecule has 0 unspecified atom stereocenters. The van der Waals surface area contributed by atoms with Crippen molar-refractivity contribution in [3.05, 3.63) is 101 Å². The summed E-state index contributed by atoms with van der Waals surface area (Å²) >= 11 is 0.976. The van der Waals surface area contributed by atoms with Gasteiger partial charge in [0.2, 0.25) is 5.91 Å². The van der Waals surface area contributed by atoms with Crippen molar-refractivity contribution >= 4 is 51.7 Å². The lowest BCUT2D eigenvalue weighted by atomic mass is 9.98. The van der Waals surface area contributed by atoms with E-state index >= 15 is 0 Å². The van der Waals surface area contributed by atoms with Gasteiger partial charge in [-0.05, 0) is 41.8 Å². The van der Waals surface area contributed by atoms with Crippen LogP contribution in [0.25, 0.3) is 10.8 Å². The van der Waals surface area contributed by atoms with Gasteiger partial charge in [0.25, 0.3) is 5.91 Å².